The molecule has 0 aliphatic rings. The van der Waals surface area contributed by atoms with Gasteiger partial charge in [0.1, 0.15) is 5.58 Å². The molecule has 1 aromatic heterocycles. The quantitative estimate of drug-likeness (QED) is 0.476. The molecule has 0 unspecified atom stereocenters. The van der Waals surface area contributed by atoms with Crippen molar-refractivity contribution in [3.63, 3.8) is 0 Å². The van der Waals surface area contributed by atoms with Crippen molar-refractivity contribution in [2.24, 2.45) is 0 Å². The lowest BCUT2D eigenvalue weighted by Gasteiger charge is -2.10. The number of fused-ring (bicyclic) bond motifs is 1. The summed E-state index contributed by atoms with van der Waals surface area (Å²) in [6.45, 7) is 0. The highest BCUT2D eigenvalue weighted by molar-refractivity contribution is 7.80. The van der Waals surface area contributed by atoms with Gasteiger partial charge >= 0.3 is 0 Å². The average Bonchev–Trinajstić information content (AvgIpc) is 3.13. The summed E-state index contributed by atoms with van der Waals surface area (Å²) in [5, 5.41) is 6.82. The fourth-order valence-corrected chi connectivity index (χ4v) is 3.22. The van der Waals surface area contributed by atoms with Crippen LogP contribution in [0.25, 0.3) is 11.0 Å². The molecule has 0 aliphatic heterocycles. The van der Waals surface area contributed by atoms with E-state index in [4.69, 9.17) is 16.6 Å². The maximum Gasteiger partial charge on any atom is 0.293 e. The van der Waals surface area contributed by atoms with Gasteiger partial charge in [0.2, 0.25) is 0 Å². The van der Waals surface area contributed by atoms with Gasteiger partial charge in [-0.1, -0.05) is 60.7 Å². The fourth-order valence-electron chi connectivity index (χ4n) is 3.01. The Bertz CT molecular complexity index is 1100. The molecular weight excluding hydrogens is 368 g/mol. The Labute approximate surface area is 168 Å². The summed E-state index contributed by atoms with van der Waals surface area (Å²) in [7, 11) is 0. The van der Waals surface area contributed by atoms with Crippen molar-refractivity contribution in [3.05, 3.63) is 102 Å². The first kappa shape index (κ1) is 17.9. The maximum absolute atomic E-state index is 12.4. The molecule has 0 spiro atoms. The Morgan fingerprint density at radius 3 is 2.43 bits per heavy atom. The van der Waals surface area contributed by atoms with Gasteiger partial charge < -0.3 is 9.73 Å². The number of thiocarbonyl (C=S) groups is 1. The number of anilines is 1. The number of hydrogen-bond donors (Lipinski definition) is 2. The zero-order valence-electron chi connectivity index (χ0n) is 15.0. The molecule has 4 rings (SSSR count). The molecule has 0 saturated carbocycles. The third-order valence-electron chi connectivity index (χ3n) is 4.31. The number of benzene rings is 3. The van der Waals surface area contributed by atoms with E-state index in [9.17, 15) is 4.79 Å². The number of carbonyl (C=O) groups excluding carboxylic acids is 1. The molecule has 138 valence electrons. The van der Waals surface area contributed by atoms with Gasteiger partial charge in [0.15, 0.2) is 10.9 Å². The lowest BCUT2D eigenvalue weighted by molar-refractivity contribution is 0.0953. The molecule has 1 heterocycles. The number of hydrogen-bond acceptors (Lipinski definition) is 3. The number of carbonyl (C=O) groups is 1. The fraction of sp³-hybridized carbons (Fsp3) is 0.0435. The maximum atomic E-state index is 12.4. The van der Waals surface area contributed by atoms with Crippen LogP contribution in [0.2, 0.25) is 0 Å². The van der Waals surface area contributed by atoms with E-state index in [1.807, 2.05) is 60.7 Å². The first-order chi connectivity index (χ1) is 13.7. The number of rotatable bonds is 4. The van der Waals surface area contributed by atoms with Crippen LogP contribution >= 0.6 is 12.2 Å². The summed E-state index contributed by atoms with van der Waals surface area (Å²) >= 11 is 5.28. The van der Waals surface area contributed by atoms with Crippen LogP contribution in [-0.4, -0.2) is 11.0 Å². The molecule has 0 saturated heterocycles. The highest BCUT2D eigenvalue weighted by Gasteiger charge is 2.13. The minimum atomic E-state index is -0.380. The van der Waals surface area contributed by atoms with Crippen LogP contribution in [0.5, 0.6) is 0 Å². The second kappa shape index (κ2) is 8.06. The first-order valence-electron chi connectivity index (χ1n) is 8.91. The molecule has 4 nitrogen and oxygen atoms in total. The normalized spacial score (nSPS) is 10.6. The van der Waals surface area contributed by atoms with Crippen molar-refractivity contribution in [1.82, 2.24) is 5.32 Å². The molecule has 0 fully saturated rings. The molecule has 0 bridgehead atoms. The standard InChI is InChI=1S/C23H18N2O2S/c26-22(21-15-18-10-4-5-12-20(18)27-21)25-23(28)24-19-11-6-9-17(14-19)13-16-7-2-1-3-8-16/h1-12,14-15H,13H2,(H2,24,25,26,28). The Morgan fingerprint density at radius 1 is 0.857 bits per heavy atom. The van der Waals surface area contributed by atoms with Crippen LogP contribution in [0.4, 0.5) is 5.69 Å². The van der Waals surface area contributed by atoms with Crippen molar-refractivity contribution in [3.8, 4) is 0 Å². The monoisotopic (exact) mass is 386 g/mol. The van der Waals surface area contributed by atoms with Crippen molar-refractivity contribution in [2.45, 2.75) is 6.42 Å². The molecular formula is C23H18N2O2S. The Hall–Kier alpha value is -3.44. The third kappa shape index (κ3) is 4.27. The Balaban J connectivity index is 1.40. The number of para-hydroxylation sites is 1. The summed E-state index contributed by atoms with van der Waals surface area (Å²) < 4.78 is 5.57. The molecule has 0 aliphatic carbocycles. The van der Waals surface area contributed by atoms with Crippen molar-refractivity contribution in [2.75, 3.05) is 5.32 Å². The third-order valence-corrected chi connectivity index (χ3v) is 4.52. The van der Waals surface area contributed by atoms with Crippen LogP contribution in [0, 0.1) is 0 Å². The molecule has 0 atom stereocenters. The van der Waals surface area contributed by atoms with Crippen molar-refractivity contribution in [1.29, 1.82) is 0 Å². The molecule has 0 radical (unpaired) electrons. The van der Waals surface area contributed by atoms with E-state index < -0.39 is 0 Å². The zero-order valence-corrected chi connectivity index (χ0v) is 15.8. The van der Waals surface area contributed by atoms with E-state index in [0.717, 1.165) is 23.1 Å². The van der Waals surface area contributed by atoms with Crippen molar-refractivity contribution < 1.29 is 9.21 Å². The van der Waals surface area contributed by atoms with Gasteiger partial charge in [-0.05, 0) is 54.0 Å². The van der Waals surface area contributed by atoms with Crippen LogP contribution in [-0.2, 0) is 6.42 Å². The van der Waals surface area contributed by atoms with Gasteiger partial charge in [-0.15, -0.1) is 0 Å². The van der Waals surface area contributed by atoms with Gasteiger partial charge in [-0.2, -0.15) is 0 Å². The van der Waals surface area contributed by atoms with E-state index in [-0.39, 0.29) is 16.8 Å². The van der Waals surface area contributed by atoms with Crippen LogP contribution in [0.1, 0.15) is 21.7 Å². The largest absolute Gasteiger partial charge is 0.451 e. The average molecular weight is 386 g/mol. The summed E-state index contributed by atoms with van der Waals surface area (Å²) in [6, 6.07) is 27.4. The summed E-state index contributed by atoms with van der Waals surface area (Å²) in [4.78, 5) is 12.4. The van der Waals surface area contributed by atoms with E-state index in [1.165, 1.54) is 5.56 Å². The van der Waals surface area contributed by atoms with Crippen molar-refractivity contribution >= 4 is 39.9 Å². The summed E-state index contributed by atoms with van der Waals surface area (Å²) in [6.07, 6.45) is 0.828. The van der Waals surface area contributed by atoms with Crippen LogP contribution in [0.15, 0.2) is 89.3 Å². The Morgan fingerprint density at radius 2 is 1.61 bits per heavy atom. The number of amides is 1. The predicted molar refractivity (Wildman–Crippen MR) is 116 cm³/mol. The second-order valence-corrected chi connectivity index (χ2v) is 6.83. The summed E-state index contributed by atoms with van der Waals surface area (Å²) in [5.41, 5.74) is 3.88. The molecule has 4 aromatic rings. The minimum absolute atomic E-state index is 0.224. The van der Waals surface area contributed by atoms with Gasteiger partial charge in [0.25, 0.3) is 5.91 Å². The molecule has 3 aromatic carbocycles. The molecule has 2 N–H and O–H groups in total. The van der Waals surface area contributed by atoms with Gasteiger partial charge in [-0.25, -0.2) is 0 Å². The molecule has 5 heteroatoms. The lowest BCUT2D eigenvalue weighted by Crippen LogP contribution is -2.33. The second-order valence-electron chi connectivity index (χ2n) is 6.42. The lowest BCUT2D eigenvalue weighted by atomic mass is 10.0. The van der Waals surface area contributed by atoms with E-state index in [1.54, 1.807) is 6.07 Å². The number of nitrogens with one attached hydrogen (secondary N) is 2. The SMILES string of the molecule is O=C(NC(=S)Nc1cccc(Cc2ccccc2)c1)c1cc2ccccc2o1. The molecule has 28 heavy (non-hydrogen) atoms. The van der Waals surface area contributed by atoms with Gasteiger partial charge in [0, 0.05) is 11.1 Å². The highest BCUT2D eigenvalue weighted by Crippen LogP contribution is 2.19. The minimum Gasteiger partial charge on any atom is -0.451 e. The van der Waals surface area contributed by atoms with Gasteiger partial charge in [0.05, 0.1) is 0 Å². The van der Waals surface area contributed by atoms with E-state index >= 15 is 0 Å². The Kier molecular flexibility index (Phi) is 5.17. The summed E-state index contributed by atoms with van der Waals surface area (Å²) in [5.74, 6) is -0.155. The van der Waals surface area contributed by atoms with Crippen LogP contribution in [0.3, 0.4) is 0 Å². The van der Waals surface area contributed by atoms with Crippen LogP contribution < -0.4 is 10.6 Å². The van der Waals surface area contributed by atoms with E-state index in [2.05, 4.69) is 28.8 Å². The first-order valence-corrected chi connectivity index (χ1v) is 9.32. The molecule has 1 amide bonds. The smallest absolute Gasteiger partial charge is 0.293 e. The zero-order chi connectivity index (χ0) is 19.3. The predicted octanol–water partition coefficient (Wildman–Crippen LogP) is 5.15. The van der Waals surface area contributed by atoms with E-state index in [0.29, 0.717) is 5.58 Å². The topological polar surface area (TPSA) is 54.3 Å². The number of furan rings is 1. The van der Waals surface area contributed by atoms with Gasteiger partial charge in [-0.3, -0.25) is 10.1 Å². The highest BCUT2D eigenvalue weighted by atomic mass is 32.1.